The molecule has 0 saturated carbocycles. The van der Waals surface area contributed by atoms with Gasteiger partial charge in [0.05, 0.1) is 6.54 Å². The van der Waals surface area contributed by atoms with Crippen LogP contribution in [0, 0.1) is 0 Å². The third-order valence-corrected chi connectivity index (χ3v) is 3.04. The van der Waals surface area contributed by atoms with Crippen LogP contribution in [-0.4, -0.2) is 36.5 Å². The third-order valence-electron chi connectivity index (χ3n) is 3.04. The second kappa shape index (κ2) is 5.12. The SMILES string of the molecule is CCN1C[C@@H](Cc2ccccc2)NCC1=O. The van der Waals surface area contributed by atoms with E-state index in [0.29, 0.717) is 12.6 Å². The van der Waals surface area contributed by atoms with Crippen molar-refractivity contribution in [2.24, 2.45) is 0 Å². The van der Waals surface area contributed by atoms with Gasteiger partial charge in [-0.05, 0) is 18.9 Å². The van der Waals surface area contributed by atoms with Crippen molar-refractivity contribution < 1.29 is 4.79 Å². The van der Waals surface area contributed by atoms with Gasteiger partial charge in [0.15, 0.2) is 0 Å². The molecule has 16 heavy (non-hydrogen) atoms. The van der Waals surface area contributed by atoms with E-state index in [1.807, 2.05) is 17.9 Å². The molecule has 1 amide bonds. The molecule has 0 unspecified atom stereocenters. The van der Waals surface area contributed by atoms with Crippen LogP contribution in [0.5, 0.6) is 0 Å². The fraction of sp³-hybridized carbons (Fsp3) is 0.462. The molecule has 0 spiro atoms. The van der Waals surface area contributed by atoms with Crippen molar-refractivity contribution in [1.82, 2.24) is 10.2 Å². The van der Waals surface area contributed by atoms with Gasteiger partial charge in [-0.1, -0.05) is 30.3 Å². The average molecular weight is 218 g/mol. The Hall–Kier alpha value is -1.35. The van der Waals surface area contributed by atoms with Crippen LogP contribution in [-0.2, 0) is 11.2 Å². The zero-order valence-electron chi connectivity index (χ0n) is 9.65. The smallest absolute Gasteiger partial charge is 0.236 e. The van der Waals surface area contributed by atoms with Gasteiger partial charge in [0, 0.05) is 19.1 Å². The molecule has 1 aromatic rings. The summed E-state index contributed by atoms with van der Waals surface area (Å²) >= 11 is 0. The van der Waals surface area contributed by atoms with Gasteiger partial charge in [-0.2, -0.15) is 0 Å². The van der Waals surface area contributed by atoms with Crippen molar-refractivity contribution in [3.05, 3.63) is 35.9 Å². The molecule has 0 aliphatic carbocycles. The zero-order valence-corrected chi connectivity index (χ0v) is 9.65. The molecule has 86 valence electrons. The standard InChI is InChI=1S/C13H18N2O/c1-2-15-10-12(14-9-13(15)16)8-11-6-4-3-5-7-11/h3-7,12,14H,2,8-10H2,1H3/t12-/m1/s1. The second-order valence-electron chi connectivity index (χ2n) is 4.20. The number of likely N-dealkylation sites (N-methyl/N-ethyl adjacent to an activating group) is 1. The summed E-state index contributed by atoms with van der Waals surface area (Å²) in [6.07, 6.45) is 0.991. The van der Waals surface area contributed by atoms with E-state index in [1.54, 1.807) is 0 Å². The van der Waals surface area contributed by atoms with E-state index in [-0.39, 0.29) is 5.91 Å². The number of amides is 1. The molecule has 1 saturated heterocycles. The number of carbonyl (C=O) groups excluding carboxylic acids is 1. The zero-order chi connectivity index (χ0) is 11.4. The summed E-state index contributed by atoms with van der Waals surface area (Å²) in [4.78, 5) is 13.4. The van der Waals surface area contributed by atoms with E-state index >= 15 is 0 Å². The van der Waals surface area contributed by atoms with Gasteiger partial charge < -0.3 is 10.2 Å². The number of piperazine rings is 1. The maximum atomic E-state index is 11.5. The van der Waals surface area contributed by atoms with E-state index < -0.39 is 0 Å². The molecular formula is C13H18N2O. The summed E-state index contributed by atoms with van der Waals surface area (Å²) < 4.78 is 0. The van der Waals surface area contributed by atoms with Crippen molar-refractivity contribution in [3.63, 3.8) is 0 Å². The molecule has 1 N–H and O–H groups in total. The number of hydrogen-bond donors (Lipinski definition) is 1. The fourth-order valence-electron chi connectivity index (χ4n) is 2.12. The van der Waals surface area contributed by atoms with Gasteiger partial charge in [0.2, 0.25) is 5.91 Å². The fourth-order valence-corrected chi connectivity index (χ4v) is 2.12. The van der Waals surface area contributed by atoms with Crippen LogP contribution < -0.4 is 5.32 Å². The maximum absolute atomic E-state index is 11.5. The summed E-state index contributed by atoms with van der Waals surface area (Å²) in [5.41, 5.74) is 1.32. The molecule has 0 radical (unpaired) electrons. The summed E-state index contributed by atoms with van der Waals surface area (Å²) in [5, 5.41) is 3.29. The first-order valence-corrected chi connectivity index (χ1v) is 5.84. The third kappa shape index (κ3) is 2.61. The Morgan fingerprint density at radius 2 is 2.12 bits per heavy atom. The van der Waals surface area contributed by atoms with E-state index in [0.717, 1.165) is 19.5 Å². The highest BCUT2D eigenvalue weighted by atomic mass is 16.2. The first kappa shape index (κ1) is 11.1. The van der Waals surface area contributed by atoms with Crippen molar-refractivity contribution in [2.75, 3.05) is 19.6 Å². The molecule has 2 rings (SSSR count). The molecule has 1 aliphatic heterocycles. The quantitative estimate of drug-likeness (QED) is 0.822. The first-order valence-electron chi connectivity index (χ1n) is 5.84. The molecule has 1 heterocycles. The summed E-state index contributed by atoms with van der Waals surface area (Å²) in [7, 11) is 0. The van der Waals surface area contributed by atoms with Gasteiger partial charge in [-0.15, -0.1) is 0 Å². The van der Waals surface area contributed by atoms with Crippen molar-refractivity contribution in [2.45, 2.75) is 19.4 Å². The molecule has 1 aromatic carbocycles. The molecule has 0 aromatic heterocycles. The molecule has 3 nitrogen and oxygen atoms in total. The Bertz CT molecular complexity index is 350. The van der Waals surface area contributed by atoms with Crippen LogP contribution in [0.25, 0.3) is 0 Å². The minimum atomic E-state index is 0.215. The molecule has 1 atom stereocenters. The van der Waals surface area contributed by atoms with Gasteiger partial charge in [0.1, 0.15) is 0 Å². The normalized spacial score (nSPS) is 21.2. The first-order chi connectivity index (χ1) is 7.79. The highest BCUT2D eigenvalue weighted by Crippen LogP contribution is 2.07. The van der Waals surface area contributed by atoms with E-state index in [2.05, 4.69) is 29.6 Å². The van der Waals surface area contributed by atoms with E-state index in [4.69, 9.17) is 0 Å². The van der Waals surface area contributed by atoms with Crippen LogP contribution in [0.1, 0.15) is 12.5 Å². The Morgan fingerprint density at radius 3 is 2.81 bits per heavy atom. The molecular weight excluding hydrogens is 200 g/mol. The van der Waals surface area contributed by atoms with Gasteiger partial charge in [0.25, 0.3) is 0 Å². The van der Waals surface area contributed by atoms with Crippen LogP contribution in [0.15, 0.2) is 30.3 Å². The molecule has 3 heteroatoms. The van der Waals surface area contributed by atoms with Crippen LogP contribution in [0.4, 0.5) is 0 Å². The summed E-state index contributed by atoms with van der Waals surface area (Å²) in [5.74, 6) is 0.215. The van der Waals surface area contributed by atoms with Crippen molar-refractivity contribution >= 4 is 5.91 Å². The van der Waals surface area contributed by atoms with Crippen molar-refractivity contribution in [3.8, 4) is 0 Å². The number of nitrogens with one attached hydrogen (secondary N) is 1. The highest BCUT2D eigenvalue weighted by Gasteiger charge is 2.23. The Balaban J connectivity index is 1.94. The van der Waals surface area contributed by atoms with Crippen LogP contribution >= 0.6 is 0 Å². The predicted molar refractivity (Wildman–Crippen MR) is 64.2 cm³/mol. The van der Waals surface area contributed by atoms with Crippen LogP contribution in [0.2, 0.25) is 0 Å². The molecule has 1 aliphatic rings. The second-order valence-corrected chi connectivity index (χ2v) is 4.20. The minimum absolute atomic E-state index is 0.215. The topological polar surface area (TPSA) is 32.3 Å². The summed E-state index contributed by atoms with van der Waals surface area (Å²) in [6.45, 7) is 4.14. The average Bonchev–Trinajstić information content (AvgIpc) is 2.33. The number of hydrogen-bond acceptors (Lipinski definition) is 2. The maximum Gasteiger partial charge on any atom is 0.236 e. The minimum Gasteiger partial charge on any atom is -0.340 e. The summed E-state index contributed by atoms with van der Waals surface area (Å²) in [6, 6.07) is 10.8. The lowest BCUT2D eigenvalue weighted by Crippen LogP contribution is -2.54. The number of rotatable bonds is 3. The predicted octanol–water partition coefficient (Wildman–Crippen LogP) is 1.05. The number of nitrogens with zero attached hydrogens (tertiary/aromatic N) is 1. The lowest BCUT2D eigenvalue weighted by atomic mass is 10.0. The van der Waals surface area contributed by atoms with E-state index in [9.17, 15) is 4.79 Å². The van der Waals surface area contributed by atoms with Gasteiger partial charge in [-0.3, -0.25) is 4.79 Å². The van der Waals surface area contributed by atoms with Gasteiger partial charge >= 0.3 is 0 Å². The molecule has 1 fully saturated rings. The number of benzene rings is 1. The number of carbonyl (C=O) groups is 1. The van der Waals surface area contributed by atoms with Crippen LogP contribution in [0.3, 0.4) is 0 Å². The monoisotopic (exact) mass is 218 g/mol. The van der Waals surface area contributed by atoms with E-state index in [1.165, 1.54) is 5.56 Å². The van der Waals surface area contributed by atoms with Gasteiger partial charge in [-0.25, -0.2) is 0 Å². The Labute approximate surface area is 96.5 Å². The Morgan fingerprint density at radius 1 is 1.38 bits per heavy atom. The molecule has 0 bridgehead atoms. The largest absolute Gasteiger partial charge is 0.340 e. The Kier molecular flexibility index (Phi) is 3.57. The lowest BCUT2D eigenvalue weighted by molar-refractivity contribution is -0.132. The highest BCUT2D eigenvalue weighted by molar-refractivity contribution is 5.79. The van der Waals surface area contributed by atoms with Crippen molar-refractivity contribution in [1.29, 1.82) is 0 Å². The lowest BCUT2D eigenvalue weighted by Gasteiger charge is -2.32.